The van der Waals surface area contributed by atoms with Gasteiger partial charge in [0, 0.05) is 5.54 Å². The number of benzene rings is 1. The predicted octanol–water partition coefficient (Wildman–Crippen LogP) is 2.97. The lowest BCUT2D eigenvalue weighted by Gasteiger charge is -2.12. The summed E-state index contributed by atoms with van der Waals surface area (Å²) in [4.78, 5) is 0. The second-order valence-corrected chi connectivity index (χ2v) is 5.22. The van der Waals surface area contributed by atoms with Crippen LogP contribution in [0.15, 0.2) is 18.2 Å². The van der Waals surface area contributed by atoms with E-state index < -0.39 is 0 Å². The van der Waals surface area contributed by atoms with E-state index in [-0.39, 0.29) is 5.54 Å². The van der Waals surface area contributed by atoms with Gasteiger partial charge in [-0.2, -0.15) is 0 Å². The van der Waals surface area contributed by atoms with Gasteiger partial charge in [0.15, 0.2) is 0 Å². The van der Waals surface area contributed by atoms with Crippen LogP contribution in [0.3, 0.4) is 0 Å². The molecule has 1 aromatic carbocycles. The Morgan fingerprint density at radius 1 is 1.27 bits per heavy atom. The zero-order chi connectivity index (χ0) is 11.1. The molecule has 2 N–H and O–H groups in total. The van der Waals surface area contributed by atoms with Crippen molar-refractivity contribution in [3.8, 4) is 0 Å². The van der Waals surface area contributed by atoms with Gasteiger partial charge < -0.3 is 5.73 Å². The van der Waals surface area contributed by atoms with Crippen LogP contribution < -0.4 is 5.73 Å². The molecule has 0 bridgehead atoms. The quantitative estimate of drug-likeness (QED) is 0.803. The third-order valence-corrected chi connectivity index (χ3v) is 3.59. The number of hydrogen-bond acceptors (Lipinski definition) is 1. The van der Waals surface area contributed by atoms with Gasteiger partial charge in [0.25, 0.3) is 0 Å². The van der Waals surface area contributed by atoms with Crippen molar-refractivity contribution in [2.75, 3.05) is 0 Å². The maximum atomic E-state index is 6.33. The summed E-state index contributed by atoms with van der Waals surface area (Å²) in [5.74, 6) is 0.748. The van der Waals surface area contributed by atoms with Gasteiger partial charge in [-0.1, -0.05) is 42.7 Å². The normalized spacial score (nSPS) is 29.2. The molecular weight excluding hydrogens is 182 g/mol. The highest BCUT2D eigenvalue weighted by molar-refractivity contribution is 5.31. The monoisotopic (exact) mass is 203 g/mol. The Morgan fingerprint density at radius 2 is 1.87 bits per heavy atom. The molecule has 1 heteroatoms. The Morgan fingerprint density at radius 3 is 2.33 bits per heavy atom. The van der Waals surface area contributed by atoms with Crippen LogP contribution in [0.2, 0.25) is 0 Å². The molecule has 1 nitrogen and oxygen atoms in total. The predicted molar refractivity (Wildman–Crippen MR) is 64.9 cm³/mol. The Labute approximate surface area is 92.7 Å². The molecule has 1 aliphatic rings. The van der Waals surface area contributed by atoms with Gasteiger partial charge in [-0.05, 0) is 38.2 Å². The first kappa shape index (κ1) is 10.7. The minimum absolute atomic E-state index is 0.106. The number of hydrogen-bond donors (Lipinski definition) is 1. The maximum absolute atomic E-state index is 6.33. The van der Waals surface area contributed by atoms with E-state index in [0.29, 0.717) is 0 Å². The van der Waals surface area contributed by atoms with E-state index in [9.17, 15) is 0 Å². The summed E-state index contributed by atoms with van der Waals surface area (Å²) >= 11 is 0. The van der Waals surface area contributed by atoms with E-state index >= 15 is 0 Å². The fraction of sp³-hybridized carbons (Fsp3) is 0.571. The standard InChI is InChI=1S/C14H21N/c1-4-13-9-14(13,15)8-12-6-10(2)5-11(3)7-12/h5-7,13H,4,8-9,15H2,1-3H3. The molecular formula is C14H21N. The molecule has 0 amide bonds. The molecule has 1 saturated carbocycles. The van der Waals surface area contributed by atoms with Crippen LogP contribution in [0, 0.1) is 19.8 Å². The number of rotatable bonds is 3. The minimum atomic E-state index is 0.106. The lowest BCUT2D eigenvalue weighted by Crippen LogP contribution is -2.27. The van der Waals surface area contributed by atoms with Crippen molar-refractivity contribution >= 4 is 0 Å². The Balaban J connectivity index is 2.12. The molecule has 0 aromatic heterocycles. The fourth-order valence-corrected chi connectivity index (χ4v) is 2.72. The highest BCUT2D eigenvalue weighted by atomic mass is 14.9. The molecule has 15 heavy (non-hydrogen) atoms. The summed E-state index contributed by atoms with van der Waals surface area (Å²) < 4.78 is 0. The molecule has 0 heterocycles. The van der Waals surface area contributed by atoms with Gasteiger partial charge in [0.1, 0.15) is 0 Å². The molecule has 2 atom stereocenters. The zero-order valence-corrected chi connectivity index (χ0v) is 10.0. The van der Waals surface area contributed by atoms with Crippen molar-refractivity contribution in [2.24, 2.45) is 11.7 Å². The average Bonchev–Trinajstić information content (AvgIpc) is 2.74. The Kier molecular flexibility index (Phi) is 2.59. The summed E-state index contributed by atoms with van der Waals surface area (Å²) in [7, 11) is 0. The largest absolute Gasteiger partial charge is 0.325 e. The van der Waals surface area contributed by atoms with Gasteiger partial charge in [0.05, 0.1) is 0 Å². The summed E-state index contributed by atoms with van der Waals surface area (Å²) in [6.45, 7) is 6.55. The van der Waals surface area contributed by atoms with Gasteiger partial charge >= 0.3 is 0 Å². The summed E-state index contributed by atoms with van der Waals surface area (Å²) in [5.41, 5.74) is 10.5. The van der Waals surface area contributed by atoms with Gasteiger partial charge in [0.2, 0.25) is 0 Å². The molecule has 1 fully saturated rings. The Hall–Kier alpha value is -0.820. The number of aryl methyl sites for hydroxylation is 2. The van der Waals surface area contributed by atoms with Gasteiger partial charge in [-0.25, -0.2) is 0 Å². The fourth-order valence-electron chi connectivity index (χ4n) is 2.72. The van der Waals surface area contributed by atoms with E-state index in [2.05, 4.69) is 39.0 Å². The number of nitrogens with two attached hydrogens (primary N) is 1. The van der Waals surface area contributed by atoms with Gasteiger partial charge in [-0.3, -0.25) is 0 Å². The van der Waals surface area contributed by atoms with E-state index in [4.69, 9.17) is 5.73 Å². The smallest absolute Gasteiger partial charge is 0.0227 e. The molecule has 0 radical (unpaired) electrons. The second kappa shape index (κ2) is 3.64. The van der Waals surface area contributed by atoms with E-state index in [1.807, 2.05) is 0 Å². The first-order valence-corrected chi connectivity index (χ1v) is 5.89. The zero-order valence-electron chi connectivity index (χ0n) is 10.0. The summed E-state index contributed by atoms with van der Waals surface area (Å²) in [6.07, 6.45) is 3.48. The molecule has 1 aliphatic carbocycles. The van der Waals surface area contributed by atoms with Crippen molar-refractivity contribution in [3.63, 3.8) is 0 Å². The highest BCUT2D eigenvalue weighted by Gasteiger charge is 2.49. The molecule has 82 valence electrons. The molecule has 0 saturated heterocycles. The van der Waals surface area contributed by atoms with Crippen LogP contribution >= 0.6 is 0 Å². The molecule has 1 aromatic rings. The van der Waals surface area contributed by atoms with Crippen LogP contribution in [0.25, 0.3) is 0 Å². The maximum Gasteiger partial charge on any atom is 0.0227 e. The molecule has 0 aliphatic heterocycles. The van der Waals surface area contributed by atoms with Crippen molar-refractivity contribution in [1.29, 1.82) is 0 Å². The second-order valence-electron chi connectivity index (χ2n) is 5.22. The van der Waals surface area contributed by atoms with Crippen molar-refractivity contribution in [2.45, 2.75) is 45.6 Å². The first-order valence-electron chi connectivity index (χ1n) is 5.89. The third-order valence-electron chi connectivity index (χ3n) is 3.59. The SMILES string of the molecule is CCC1CC1(N)Cc1cc(C)cc(C)c1. The van der Waals surface area contributed by atoms with E-state index in [0.717, 1.165) is 12.3 Å². The van der Waals surface area contributed by atoms with Gasteiger partial charge in [-0.15, -0.1) is 0 Å². The lowest BCUT2D eigenvalue weighted by molar-refractivity contribution is 0.579. The van der Waals surface area contributed by atoms with E-state index in [1.54, 1.807) is 0 Å². The van der Waals surface area contributed by atoms with Crippen molar-refractivity contribution < 1.29 is 0 Å². The summed E-state index contributed by atoms with van der Waals surface area (Å²) in [6, 6.07) is 6.76. The summed E-state index contributed by atoms with van der Waals surface area (Å²) in [5, 5.41) is 0. The van der Waals surface area contributed by atoms with Crippen molar-refractivity contribution in [1.82, 2.24) is 0 Å². The third kappa shape index (κ3) is 2.23. The molecule has 0 spiro atoms. The average molecular weight is 203 g/mol. The van der Waals surface area contributed by atoms with Crippen LogP contribution in [-0.4, -0.2) is 5.54 Å². The minimum Gasteiger partial charge on any atom is -0.325 e. The van der Waals surface area contributed by atoms with Crippen LogP contribution in [0.5, 0.6) is 0 Å². The van der Waals surface area contributed by atoms with Crippen molar-refractivity contribution in [3.05, 3.63) is 34.9 Å². The Bertz CT molecular complexity index is 349. The highest BCUT2D eigenvalue weighted by Crippen LogP contribution is 2.45. The lowest BCUT2D eigenvalue weighted by atomic mass is 9.98. The molecule has 2 unspecified atom stereocenters. The van der Waals surface area contributed by atoms with Crippen LogP contribution in [0.1, 0.15) is 36.5 Å². The van der Waals surface area contributed by atoms with E-state index in [1.165, 1.54) is 29.5 Å². The first-order chi connectivity index (χ1) is 7.03. The molecule has 2 rings (SSSR count). The van der Waals surface area contributed by atoms with Crippen LogP contribution in [-0.2, 0) is 6.42 Å². The topological polar surface area (TPSA) is 26.0 Å². The van der Waals surface area contributed by atoms with Crippen LogP contribution in [0.4, 0.5) is 0 Å².